The van der Waals surface area contributed by atoms with E-state index in [1.807, 2.05) is 0 Å². The molecule has 0 saturated heterocycles. The van der Waals surface area contributed by atoms with Gasteiger partial charge in [0.25, 0.3) is 0 Å². The Morgan fingerprint density at radius 3 is 2.69 bits per heavy atom. The van der Waals surface area contributed by atoms with Crippen molar-refractivity contribution >= 4 is 11.0 Å². The average Bonchev–Trinajstić information content (AvgIpc) is 2.48. The van der Waals surface area contributed by atoms with Crippen molar-refractivity contribution in [3.05, 3.63) is 18.0 Å². The molecule has 0 spiro atoms. The van der Waals surface area contributed by atoms with Gasteiger partial charge in [0.1, 0.15) is 5.52 Å². The number of hydrogen-bond donors (Lipinski definition) is 0. The van der Waals surface area contributed by atoms with Gasteiger partial charge in [0.05, 0.1) is 5.69 Å². The molecular formula is C9H11N3O. The van der Waals surface area contributed by atoms with Gasteiger partial charge in [0.2, 0.25) is 0 Å². The lowest BCUT2D eigenvalue weighted by atomic mass is 9.91. The summed E-state index contributed by atoms with van der Waals surface area (Å²) < 4.78 is 4.66. The Hall–Kier alpha value is -1.45. The smallest absolute Gasteiger partial charge is 0.157 e. The first-order valence-electron chi connectivity index (χ1n) is 4.17. The molecular weight excluding hydrogens is 166 g/mol. The molecule has 0 bridgehead atoms. The number of nitrogens with zero attached hydrogens (tertiary/aromatic N) is 3. The van der Waals surface area contributed by atoms with Gasteiger partial charge in [-0.1, -0.05) is 20.8 Å². The van der Waals surface area contributed by atoms with Crippen molar-refractivity contribution in [1.29, 1.82) is 0 Å². The second-order valence-corrected chi connectivity index (χ2v) is 4.04. The lowest BCUT2D eigenvalue weighted by molar-refractivity contribution is 0.315. The fourth-order valence-electron chi connectivity index (χ4n) is 1.26. The third-order valence-electron chi connectivity index (χ3n) is 1.88. The van der Waals surface area contributed by atoms with E-state index in [4.69, 9.17) is 0 Å². The molecule has 2 rings (SSSR count). The third-order valence-corrected chi connectivity index (χ3v) is 1.88. The molecule has 0 aliphatic heterocycles. The van der Waals surface area contributed by atoms with Crippen molar-refractivity contribution in [2.45, 2.75) is 26.2 Å². The lowest BCUT2D eigenvalue weighted by Crippen LogP contribution is -2.13. The summed E-state index contributed by atoms with van der Waals surface area (Å²) in [4.78, 5) is 4.29. The summed E-state index contributed by atoms with van der Waals surface area (Å²) in [5.74, 6) is 0. The van der Waals surface area contributed by atoms with Crippen LogP contribution in [0, 0.1) is 0 Å². The number of pyridine rings is 1. The standard InChI is InChI=1S/C9H11N3O/c1-9(2,3)8-7-6(4-5-10-8)11-13-12-7/h4-5H,1-3H3. The normalized spacial score (nSPS) is 12.2. The molecule has 0 atom stereocenters. The number of hydrogen-bond acceptors (Lipinski definition) is 4. The first kappa shape index (κ1) is 8.16. The molecule has 4 heteroatoms. The van der Waals surface area contributed by atoms with E-state index in [0.29, 0.717) is 0 Å². The van der Waals surface area contributed by atoms with E-state index in [2.05, 4.69) is 40.7 Å². The Kier molecular flexibility index (Phi) is 1.58. The fourth-order valence-corrected chi connectivity index (χ4v) is 1.26. The summed E-state index contributed by atoms with van der Waals surface area (Å²) in [6.07, 6.45) is 1.73. The van der Waals surface area contributed by atoms with Crippen LogP contribution < -0.4 is 0 Å². The largest absolute Gasteiger partial charge is 0.258 e. The van der Waals surface area contributed by atoms with Gasteiger partial charge in [-0.25, -0.2) is 4.63 Å². The van der Waals surface area contributed by atoms with E-state index >= 15 is 0 Å². The molecule has 4 nitrogen and oxygen atoms in total. The molecule has 0 saturated carbocycles. The van der Waals surface area contributed by atoms with Crippen LogP contribution >= 0.6 is 0 Å². The molecule has 13 heavy (non-hydrogen) atoms. The van der Waals surface area contributed by atoms with Gasteiger partial charge in [-0.15, -0.1) is 0 Å². The van der Waals surface area contributed by atoms with Crippen molar-refractivity contribution in [3.63, 3.8) is 0 Å². The van der Waals surface area contributed by atoms with Crippen LogP contribution in [-0.2, 0) is 5.41 Å². The first-order chi connectivity index (χ1) is 6.09. The summed E-state index contributed by atoms with van der Waals surface area (Å²) in [5, 5.41) is 7.60. The molecule has 0 aliphatic rings. The highest BCUT2D eigenvalue weighted by Gasteiger charge is 2.20. The van der Waals surface area contributed by atoms with E-state index in [1.165, 1.54) is 0 Å². The Labute approximate surface area is 75.9 Å². The minimum Gasteiger partial charge on any atom is -0.258 e. The molecule has 0 fully saturated rings. The van der Waals surface area contributed by atoms with Gasteiger partial charge in [-0.3, -0.25) is 4.98 Å². The van der Waals surface area contributed by atoms with E-state index in [0.717, 1.165) is 16.7 Å². The number of aromatic nitrogens is 3. The number of fused-ring (bicyclic) bond motifs is 1. The molecule has 2 aromatic rings. The van der Waals surface area contributed by atoms with Gasteiger partial charge in [-0.05, 0) is 16.4 Å². The van der Waals surface area contributed by atoms with Crippen LogP contribution in [0.4, 0.5) is 0 Å². The van der Waals surface area contributed by atoms with Crippen molar-refractivity contribution in [3.8, 4) is 0 Å². The number of rotatable bonds is 0. The summed E-state index contributed by atoms with van der Waals surface area (Å²) in [6.45, 7) is 6.26. The average molecular weight is 177 g/mol. The molecule has 0 unspecified atom stereocenters. The zero-order chi connectivity index (χ0) is 9.47. The lowest BCUT2D eigenvalue weighted by Gasteiger charge is -2.16. The van der Waals surface area contributed by atoms with Crippen LogP contribution in [0.25, 0.3) is 11.0 Å². The molecule has 0 aliphatic carbocycles. The van der Waals surface area contributed by atoms with E-state index < -0.39 is 0 Å². The third kappa shape index (κ3) is 1.28. The van der Waals surface area contributed by atoms with Crippen LogP contribution in [0.1, 0.15) is 26.5 Å². The first-order valence-corrected chi connectivity index (χ1v) is 4.17. The zero-order valence-corrected chi connectivity index (χ0v) is 7.90. The van der Waals surface area contributed by atoms with Gasteiger partial charge in [0, 0.05) is 11.6 Å². The predicted molar refractivity (Wildman–Crippen MR) is 48.3 cm³/mol. The van der Waals surface area contributed by atoms with Crippen LogP contribution in [-0.4, -0.2) is 15.3 Å². The molecule has 0 N–H and O–H groups in total. The summed E-state index contributed by atoms with van der Waals surface area (Å²) in [7, 11) is 0. The Bertz CT molecular complexity index is 428. The van der Waals surface area contributed by atoms with Crippen molar-refractivity contribution in [2.75, 3.05) is 0 Å². The van der Waals surface area contributed by atoms with Crippen LogP contribution in [0.2, 0.25) is 0 Å². The minimum absolute atomic E-state index is 0.0297. The second-order valence-electron chi connectivity index (χ2n) is 4.04. The predicted octanol–water partition coefficient (Wildman–Crippen LogP) is 1.92. The van der Waals surface area contributed by atoms with Crippen LogP contribution in [0.3, 0.4) is 0 Å². The topological polar surface area (TPSA) is 51.8 Å². The highest BCUT2D eigenvalue weighted by Crippen LogP contribution is 2.25. The zero-order valence-electron chi connectivity index (χ0n) is 7.90. The fraction of sp³-hybridized carbons (Fsp3) is 0.444. The van der Waals surface area contributed by atoms with Crippen LogP contribution in [0.5, 0.6) is 0 Å². The van der Waals surface area contributed by atoms with Crippen molar-refractivity contribution in [1.82, 2.24) is 15.3 Å². The van der Waals surface area contributed by atoms with E-state index in [-0.39, 0.29) is 5.41 Å². The van der Waals surface area contributed by atoms with Gasteiger partial charge in [-0.2, -0.15) is 0 Å². The minimum atomic E-state index is -0.0297. The molecule has 0 amide bonds. The second kappa shape index (κ2) is 2.52. The van der Waals surface area contributed by atoms with Crippen molar-refractivity contribution < 1.29 is 4.63 Å². The van der Waals surface area contributed by atoms with Gasteiger partial charge < -0.3 is 0 Å². The molecule has 68 valence electrons. The molecule has 2 heterocycles. The Morgan fingerprint density at radius 2 is 2.00 bits per heavy atom. The van der Waals surface area contributed by atoms with Crippen molar-refractivity contribution in [2.24, 2.45) is 0 Å². The van der Waals surface area contributed by atoms with Gasteiger partial charge >= 0.3 is 0 Å². The summed E-state index contributed by atoms with van der Waals surface area (Å²) in [6, 6.07) is 1.79. The SMILES string of the molecule is CC(C)(C)c1nccc2nonc12. The maximum atomic E-state index is 4.66. The van der Waals surface area contributed by atoms with Gasteiger partial charge in [0.15, 0.2) is 5.52 Å². The maximum Gasteiger partial charge on any atom is 0.157 e. The highest BCUT2D eigenvalue weighted by molar-refractivity contribution is 5.75. The Balaban J connectivity index is 2.75. The van der Waals surface area contributed by atoms with E-state index in [9.17, 15) is 0 Å². The monoisotopic (exact) mass is 177 g/mol. The summed E-state index contributed by atoms with van der Waals surface area (Å²) in [5.41, 5.74) is 2.42. The summed E-state index contributed by atoms with van der Waals surface area (Å²) >= 11 is 0. The highest BCUT2D eigenvalue weighted by atomic mass is 16.6. The van der Waals surface area contributed by atoms with Crippen LogP contribution in [0.15, 0.2) is 16.9 Å². The maximum absolute atomic E-state index is 4.66. The molecule has 0 radical (unpaired) electrons. The van der Waals surface area contributed by atoms with E-state index in [1.54, 1.807) is 12.3 Å². The Morgan fingerprint density at radius 1 is 1.23 bits per heavy atom. The molecule has 0 aromatic carbocycles. The molecule has 2 aromatic heterocycles. The quantitative estimate of drug-likeness (QED) is 0.616.